The summed E-state index contributed by atoms with van der Waals surface area (Å²) in [7, 11) is 0. The van der Waals surface area contributed by atoms with Gasteiger partial charge in [-0.15, -0.1) is 0 Å². The van der Waals surface area contributed by atoms with Crippen LogP contribution in [0.15, 0.2) is 53.3 Å². The summed E-state index contributed by atoms with van der Waals surface area (Å²) < 4.78 is 17.1. The van der Waals surface area contributed by atoms with E-state index in [1.165, 1.54) is 5.56 Å². The maximum atomic E-state index is 9.46. The minimum atomic E-state index is -0.0178. The van der Waals surface area contributed by atoms with Crippen LogP contribution in [0.4, 0.5) is 0 Å². The number of aromatic nitrogens is 2. The van der Waals surface area contributed by atoms with Crippen LogP contribution in [0, 0.1) is 11.3 Å². The van der Waals surface area contributed by atoms with Crippen molar-refractivity contribution in [3.05, 3.63) is 65.4 Å². The highest BCUT2D eigenvalue weighted by Gasteiger charge is 2.27. The molecule has 1 atom stereocenters. The Balaban J connectivity index is 1.66. The minimum Gasteiger partial charge on any atom is -0.491 e. The lowest BCUT2D eigenvalue weighted by Crippen LogP contribution is -2.06. The van der Waals surface area contributed by atoms with E-state index < -0.39 is 0 Å². The second-order valence-corrected chi connectivity index (χ2v) is 7.63. The molecule has 0 saturated heterocycles. The molecule has 0 bridgehead atoms. The van der Waals surface area contributed by atoms with Gasteiger partial charge in [-0.3, -0.25) is 0 Å². The fourth-order valence-electron chi connectivity index (χ4n) is 3.75. The van der Waals surface area contributed by atoms with E-state index in [0.29, 0.717) is 34.4 Å². The number of ether oxygens (including phenoxy) is 2. The Bertz CT molecular complexity index is 1140. The Morgan fingerprint density at radius 2 is 2.13 bits per heavy atom. The monoisotopic (exact) mass is 401 g/mol. The Hall–Kier alpha value is -3.59. The highest BCUT2D eigenvalue weighted by molar-refractivity contribution is 5.67. The van der Waals surface area contributed by atoms with Gasteiger partial charge in [-0.2, -0.15) is 10.2 Å². The van der Waals surface area contributed by atoms with Crippen molar-refractivity contribution in [1.82, 2.24) is 10.1 Å². The number of rotatable bonds is 6. The van der Waals surface area contributed by atoms with Crippen molar-refractivity contribution in [3.8, 4) is 34.7 Å². The zero-order valence-electron chi connectivity index (χ0n) is 17.3. The number of nitrogens with zero attached hydrogens (tertiary/aromatic N) is 3. The summed E-state index contributed by atoms with van der Waals surface area (Å²) in [5.41, 5.74) is 4.37. The van der Waals surface area contributed by atoms with Gasteiger partial charge in [0.25, 0.3) is 5.89 Å². The molecule has 6 heteroatoms. The van der Waals surface area contributed by atoms with E-state index in [4.69, 9.17) is 14.0 Å². The van der Waals surface area contributed by atoms with Gasteiger partial charge < -0.3 is 14.0 Å². The predicted molar refractivity (Wildman–Crippen MR) is 113 cm³/mol. The first-order chi connectivity index (χ1) is 14.5. The Morgan fingerprint density at radius 3 is 2.87 bits per heavy atom. The normalized spacial score (nSPS) is 15.0. The molecule has 0 N–H and O–H groups in total. The number of benzene rings is 2. The summed E-state index contributed by atoms with van der Waals surface area (Å²) in [4.78, 5) is 4.59. The molecule has 1 heterocycles. The summed E-state index contributed by atoms with van der Waals surface area (Å²) in [6.45, 7) is 9.55. The smallest absolute Gasteiger partial charge is 0.258 e. The van der Waals surface area contributed by atoms with Crippen LogP contribution in [0.25, 0.3) is 22.8 Å². The first-order valence-corrected chi connectivity index (χ1v) is 9.95. The van der Waals surface area contributed by atoms with Crippen LogP contribution >= 0.6 is 0 Å². The third kappa shape index (κ3) is 3.79. The molecule has 0 amide bonds. The minimum absolute atomic E-state index is 0.00973. The molecule has 0 radical (unpaired) electrons. The van der Waals surface area contributed by atoms with Crippen LogP contribution in [0.5, 0.6) is 5.75 Å². The number of hydrogen-bond acceptors (Lipinski definition) is 6. The van der Waals surface area contributed by atoms with Crippen molar-refractivity contribution >= 4 is 0 Å². The molecule has 1 aromatic heterocycles. The van der Waals surface area contributed by atoms with Gasteiger partial charge in [0.1, 0.15) is 17.9 Å². The Morgan fingerprint density at radius 1 is 1.30 bits per heavy atom. The number of allylic oxidation sites excluding steroid dienone is 1. The Labute approximate surface area is 175 Å². The third-order valence-corrected chi connectivity index (χ3v) is 4.94. The first kappa shape index (κ1) is 19.7. The fourth-order valence-corrected chi connectivity index (χ4v) is 3.75. The van der Waals surface area contributed by atoms with Gasteiger partial charge in [0.15, 0.2) is 0 Å². The van der Waals surface area contributed by atoms with Gasteiger partial charge in [0, 0.05) is 11.1 Å². The van der Waals surface area contributed by atoms with Crippen LogP contribution in [0.3, 0.4) is 0 Å². The molecular weight excluding hydrogens is 378 g/mol. The van der Waals surface area contributed by atoms with E-state index in [0.717, 1.165) is 24.0 Å². The van der Waals surface area contributed by atoms with Crippen molar-refractivity contribution < 1.29 is 14.0 Å². The highest BCUT2D eigenvalue weighted by Crippen LogP contribution is 2.40. The maximum absolute atomic E-state index is 9.46. The number of nitriles is 1. The van der Waals surface area contributed by atoms with E-state index in [2.05, 4.69) is 28.9 Å². The quantitative estimate of drug-likeness (QED) is 0.500. The highest BCUT2D eigenvalue weighted by atomic mass is 16.5. The van der Waals surface area contributed by atoms with Crippen molar-refractivity contribution in [2.24, 2.45) is 0 Å². The lowest BCUT2D eigenvalue weighted by molar-refractivity contribution is 0.121. The number of fused-ring (bicyclic) bond motifs is 1. The summed E-state index contributed by atoms with van der Waals surface area (Å²) in [6, 6.07) is 13.5. The lowest BCUT2D eigenvalue weighted by atomic mass is 10.0. The first-order valence-electron chi connectivity index (χ1n) is 9.95. The molecule has 6 nitrogen and oxygen atoms in total. The standard InChI is InChI=1S/C24H23N3O3/c1-14(2)28-21-10-8-16(12-17(21)13-25)24-26-23(27-30-24)20-7-5-6-19-18(20)9-11-22(19)29-15(3)4/h5-8,10,12,14,22H,3,9,11H2,1-2,4H3/t22-/m1/s1. The van der Waals surface area contributed by atoms with E-state index in [1.54, 1.807) is 12.1 Å². The van der Waals surface area contributed by atoms with E-state index in [9.17, 15) is 5.26 Å². The molecule has 0 unspecified atom stereocenters. The molecule has 4 rings (SSSR count). The number of hydrogen-bond donors (Lipinski definition) is 0. The van der Waals surface area contributed by atoms with E-state index in [-0.39, 0.29) is 12.2 Å². The molecule has 0 aliphatic heterocycles. The van der Waals surface area contributed by atoms with Crippen molar-refractivity contribution in [1.29, 1.82) is 5.26 Å². The van der Waals surface area contributed by atoms with Crippen LogP contribution in [-0.4, -0.2) is 16.2 Å². The van der Waals surface area contributed by atoms with Gasteiger partial charge in [-0.1, -0.05) is 29.9 Å². The zero-order chi connectivity index (χ0) is 21.3. The van der Waals surface area contributed by atoms with Gasteiger partial charge in [-0.25, -0.2) is 0 Å². The van der Waals surface area contributed by atoms with Gasteiger partial charge >= 0.3 is 0 Å². The van der Waals surface area contributed by atoms with Crippen LogP contribution < -0.4 is 4.74 Å². The molecule has 152 valence electrons. The molecular formula is C24H23N3O3. The van der Waals surface area contributed by atoms with Gasteiger partial charge in [0.05, 0.1) is 17.4 Å². The van der Waals surface area contributed by atoms with Crippen LogP contribution in [0.2, 0.25) is 0 Å². The molecule has 0 spiro atoms. The maximum Gasteiger partial charge on any atom is 0.258 e. The largest absolute Gasteiger partial charge is 0.491 e. The fraction of sp³-hybridized carbons (Fsp3) is 0.292. The van der Waals surface area contributed by atoms with Gasteiger partial charge in [-0.05, 0) is 62.9 Å². The zero-order valence-corrected chi connectivity index (χ0v) is 17.3. The molecule has 1 aliphatic rings. The molecule has 30 heavy (non-hydrogen) atoms. The van der Waals surface area contributed by atoms with E-state index >= 15 is 0 Å². The molecule has 0 fully saturated rings. The molecule has 0 saturated carbocycles. The van der Waals surface area contributed by atoms with Crippen LogP contribution in [0.1, 0.15) is 50.0 Å². The molecule has 3 aromatic rings. The van der Waals surface area contributed by atoms with Crippen molar-refractivity contribution in [3.63, 3.8) is 0 Å². The Kier molecular flexibility index (Phi) is 5.28. The summed E-state index contributed by atoms with van der Waals surface area (Å²) in [5.74, 6) is 2.14. The summed E-state index contributed by atoms with van der Waals surface area (Å²) in [5, 5.41) is 13.7. The van der Waals surface area contributed by atoms with Gasteiger partial charge in [0.2, 0.25) is 5.82 Å². The molecule has 1 aliphatic carbocycles. The summed E-state index contributed by atoms with van der Waals surface area (Å²) in [6.07, 6.45) is 1.77. The average Bonchev–Trinajstić information content (AvgIpc) is 3.35. The van der Waals surface area contributed by atoms with Crippen molar-refractivity contribution in [2.75, 3.05) is 0 Å². The SMILES string of the molecule is C=C(C)O[C@@H]1CCc2c(-c3noc(-c4ccc(OC(C)C)c(C#N)c4)n3)cccc21. The van der Waals surface area contributed by atoms with E-state index in [1.807, 2.05) is 39.0 Å². The molecule has 2 aromatic carbocycles. The average molecular weight is 401 g/mol. The van der Waals surface area contributed by atoms with Crippen molar-refractivity contribution in [2.45, 2.75) is 45.8 Å². The second-order valence-electron chi connectivity index (χ2n) is 7.63. The van der Waals surface area contributed by atoms with Crippen LogP contribution in [-0.2, 0) is 11.2 Å². The summed E-state index contributed by atoms with van der Waals surface area (Å²) >= 11 is 0. The predicted octanol–water partition coefficient (Wildman–Crippen LogP) is 5.60. The third-order valence-electron chi connectivity index (χ3n) is 4.94. The lowest BCUT2D eigenvalue weighted by Gasteiger charge is -2.14. The second kappa shape index (κ2) is 8.03. The topological polar surface area (TPSA) is 81.2 Å².